The topological polar surface area (TPSA) is 65.8 Å². The van der Waals surface area contributed by atoms with Crippen molar-refractivity contribution in [2.45, 2.75) is 94.4 Å². The van der Waals surface area contributed by atoms with Gasteiger partial charge < -0.3 is 19.1 Å². The van der Waals surface area contributed by atoms with Crippen LogP contribution in [-0.2, 0) is 14.2 Å². The van der Waals surface area contributed by atoms with Crippen LogP contribution >= 0.6 is 0 Å². The summed E-state index contributed by atoms with van der Waals surface area (Å²) in [5.41, 5.74) is 1.76. The minimum absolute atomic E-state index is 0.0794. The number of hydrogen-bond donors (Lipinski definition) is 0. The lowest BCUT2D eigenvalue weighted by atomic mass is 9.82. The maximum absolute atomic E-state index is 14.2. The van der Waals surface area contributed by atoms with Gasteiger partial charge in [-0.05, 0) is 69.3 Å². The predicted octanol–water partition coefficient (Wildman–Crippen LogP) is 6.58. The smallest absolute Gasteiger partial charge is 0.409 e. The van der Waals surface area contributed by atoms with Crippen molar-refractivity contribution in [1.82, 2.24) is 14.7 Å². The lowest BCUT2D eigenvalue weighted by molar-refractivity contribution is -0.0471. The normalized spacial score (nSPS) is 28.4. The average molecular weight is 532 g/mol. The van der Waals surface area contributed by atoms with Crippen LogP contribution in [0.2, 0.25) is 0 Å². The molecule has 208 valence electrons. The second-order valence-corrected chi connectivity index (χ2v) is 10.7. The van der Waals surface area contributed by atoms with Crippen molar-refractivity contribution in [3.8, 4) is 0 Å². The molecule has 0 spiro atoms. The molecule has 3 aliphatic rings. The van der Waals surface area contributed by atoms with E-state index < -0.39 is 18.6 Å². The number of likely N-dealkylation sites (tertiary alicyclic amines) is 1. The first-order chi connectivity index (χ1) is 18.6. The molecule has 1 aromatic heterocycles. The Kier molecular flexibility index (Phi) is 8.94. The van der Waals surface area contributed by atoms with E-state index in [9.17, 15) is 13.6 Å². The van der Waals surface area contributed by atoms with Crippen LogP contribution in [0.5, 0.6) is 0 Å². The third-order valence-electron chi connectivity index (χ3n) is 8.51. The number of hydrogen-bond acceptors (Lipinski definition) is 5. The first kappa shape index (κ1) is 27.1. The number of nitrogens with zero attached hydrogens (tertiary/aromatic N) is 3. The van der Waals surface area contributed by atoms with Crippen LogP contribution in [0.1, 0.15) is 99.1 Å². The van der Waals surface area contributed by atoms with Gasteiger partial charge in [-0.3, -0.25) is 0 Å². The largest absolute Gasteiger partial charge is 0.453 e. The van der Waals surface area contributed by atoms with E-state index in [-0.39, 0.29) is 30.4 Å². The number of halogens is 2. The zero-order valence-corrected chi connectivity index (χ0v) is 22.1. The number of alkyl halides is 2. The molecular formula is C29H39F2N3O4. The van der Waals surface area contributed by atoms with Crippen LogP contribution in [0.4, 0.5) is 13.6 Å². The van der Waals surface area contributed by atoms with Crippen LogP contribution in [-0.4, -0.2) is 59.8 Å². The Bertz CT molecular complexity index is 1040. The van der Waals surface area contributed by atoms with Gasteiger partial charge in [-0.1, -0.05) is 30.3 Å². The third kappa shape index (κ3) is 5.88. The molecule has 3 fully saturated rings. The van der Waals surface area contributed by atoms with E-state index in [2.05, 4.69) is 29.4 Å². The van der Waals surface area contributed by atoms with Gasteiger partial charge in [0, 0.05) is 19.1 Å². The summed E-state index contributed by atoms with van der Waals surface area (Å²) in [4.78, 5) is 14.5. The van der Waals surface area contributed by atoms with Gasteiger partial charge in [-0.15, -0.1) is 0 Å². The first-order valence-electron chi connectivity index (χ1n) is 14.0. The number of methoxy groups -OCH3 is 1. The van der Waals surface area contributed by atoms with Gasteiger partial charge in [-0.25, -0.2) is 18.3 Å². The molecule has 0 bridgehead atoms. The van der Waals surface area contributed by atoms with Gasteiger partial charge in [0.05, 0.1) is 43.3 Å². The molecule has 0 N–H and O–H groups in total. The molecule has 9 heteroatoms. The Morgan fingerprint density at radius 3 is 2.55 bits per heavy atom. The second kappa shape index (κ2) is 12.6. The first-order valence-corrected chi connectivity index (χ1v) is 14.0. The molecule has 2 aliphatic heterocycles. The van der Waals surface area contributed by atoms with E-state index in [1.807, 2.05) is 6.07 Å². The molecule has 1 amide bonds. The summed E-state index contributed by atoms with van der Waals surface area (Å²) in [6, 6.07) is 10.2. The summed E-state index contributed by atoms with van der Waals surface area (Å²) < 4.78 is 47.6. The molecule has 2 aromatic rings. The SMILES string of the molecule is COC(=O)N1CCCC(c2c(C(F)F)cnn2C2CCCCO2)[C@@H]1COC1CCC(c2ccccc2)CC1. The van der Waals surface area contributed by atoms with Gasteiger partial charge in [-0.2, -0.15) is 5.10 Å². The fourth-order valence-electron chi connectivity index (χ4n) is 6.53. The van der Waals surface area contributed by atoms with Gasteiger partial charge >= 0.3 is 6.09 Å². The molecule has 2 unspecified atom stereocenters. The van der Waals surface area contributed by atoms with E-state index in [4.69, 9.17) is 14.2 Å². The Morgan fingerprint density at radius 2 is 1.87 bits per heavy atom. The molecule has 0 radical (unpaired) electrons. The monoisotopic (exact) mass is 531 g/mol. The molecule has 1 saturated carbocycles. The summed E-state index contributed by atoms with van der Waals surface area (Å²) in [5, 5.41) is 4.38. The number of amides is 1. The highest BCUT2D eigenvalue weighted by Crippen LogP contribution is 2.41. The van der Waals surface area contributed by atoms with Gasteiger partial charge in [0.1, 0.15) is 6.23 Å². The van der Waals surface area contributed by atoms with Crippen molar-refractivity contribution in [2.24, 2.45) is 0 Å². The summed E-state index contributed by atoms with van der Waals surface area (Å²) in [6.45, 7) is 1.38. The van der Waals surface area contributed by atoms with E-state index >= 15 is 0 Å². The van der Waals surface area contributed by atoms with Crippen LogP contribution in [0.25, 0.3) is 0 Å². The van der Waals surface area contributed by atoms with Crippen molar-refractivity contribution in [1.29, 1.82) is 0 Å². The van der Waals surface area contributed by atoms with Crippen molar-refractivity contribution < 1.29 is 27.8 Å². The Hall–Kier alpha value is -2.52. The molecule has 1 aliphatic carbocycles. The fourth-order valence-corrected chi connectivity index (χ4v) is 6.53. The molecule has 5 rings (SSSR count). The lowest BCUT2D eigenvalue weighted by Crippen LogP contribution is -2.51. The van der Waals surface area contributed by atoms with Crippen LogP contribution < -0.4 is 0 Å². The van der Waals surface area contributed by atoms with E-state index in [1.165, 1.54) is 18.9 Å². The molecule has 3 heterocycles. The number of ether oxygens (including phenoxy) is 3. The van der Waals surface area contributed by atoms with Gasteiger partial charge in [0.25, 0.3) is 6.43 Å². The third-order valence-corrected chi connectivity index (χ3v) is 8.51. The van der Waals surface area contributed by atoms with Crippen molar-refractivity contribution in [2.75, 3.05) is 26.9 Å². The van der Waals surface area contributed by atoms with E-state index in [0.717, 1.165) is 44.9 Å². The molecule has 7 nitrogen and oxygen atoms in total. The highest BCUT2D eigenvalue weighted by atomic mass is 19.3. The van der Waals surface area contributed by atoms with E-state index in [0.29, 0.717) is 37.6 Å². The number of rotatable bonds is 7. The minimum atomic E-state index is -2.66. The number of benzene rings is 1. The van der Waals surface area contributed by atoms with E-state index in [1.54, 1.807) is 9.58 Å². The number of carbonyl (C=O) groups is 1. The Morgan fingerprint density at radius 1 is 1.08 bits per heavy atom. The zero-order chi connectivity index (χ0) is 26.5. The standard InChI is InChI=1S/C29H39F2N3O4/c1-36-29(35)33-16-7-10-23(27-24(28(30)31)18-32-34(27)26-11-5-6-17-37-26)25(33)19-38-22-14-12-21(13-15-22)20-8-3-2-4-9-20/h2-4,8-9,18,21-23,25-26,28H,5-7,10-17,19H2,1H3/t21?,22?,23?,25-,26?/m0/s1. The van der Waals surface area contributed by atoms with Crippen molar-refractivity contribution in [3.63, 3.8) is 0 Å². The highest BCUT2D eigenvalue weighted by Gasteiger charge is 2.41. The second-order valence-electron chi connectivity index (χ2n) is 10.7. The lowest BCUT2D eigenvalue weighted by Gasteiger charge is -2.42. The molecule has 1 aromatic carbocycles. The Balaban J connectivity index is 1.35. The number of piperidine rings is 1. The predicted molar refractivity (Wildman–Crippen MR) is 138 cm³/mol. The zero-order valence-electron chi connectivity index (χ0n) is 22.1. The van der Waals surface area contributed by atoms with Crippen molar-refractivity contribution in [3.05, 3.63) is 53.3 Å². The summed E-state index contributed by atoms with van der Waals surface area (Å²) >= 11 is 0. The van der Waals surface area contributed by atoms with Crippen LogP contribution in [0.3, 0.4) is 0 Å². The highest BCUT2D eigenvalue weighted by molar-refractivity contribution is 5.68. The summed E-state index contributed by atoms with van der Waals surface area (Å²) in [7, 11) is 1.36. The molecule has 3 atom stereocenters. The van der Waals surface area contributed by atoms with Crippen LogP contribution in [0, 0.1) is 0 Å². The maximum Gasteiger partial charge on any atom is 0.409 e. The summed E-state index contributed by atoms with van der Waals surface area (Å²) in [6.07, 6.45) is 5.86. The molecule has 38 heavy (non-hydrogen) atoms. The molecular weight excluding hydrogens is 492 g/mol. The van der Waals surface area contributed by atoms with Crippen LogP contribution in [0.15, 0.2) is 36.5 Å². The maximum atomic E-state index is 14.2. The average Bonchev–Trinajstić information content (AvgIpc) is 3.42. The van der Waals surface area contributed by atoms with Gasteiger partial charge in [0.15, 0.2) is 0 Å². The number of aromatic nitrogens is 2. The fraction of sp³-hybridized carbons (Fsp3) is 0.655. The quantitative estimate of drug-likeness (QED) is 0.404. The molecule has 2 saturated heterocycles. The minimum Gasteiger partial charge on any atom is -0.453 e. The van der Waals surface area contributed by atoms with Crippen molar-refractivity contribution >= 4 is 6.09 Å². The summed E-state index contributed by atoms with van der Waals surface area (Å²) in [5.74, 6) is 0.184. The Labute approximate surface area is 223 Å². The van der Waals surface area contributed by atoms with Gasteiger partial charge in [0.2, 0.25) is 0 Å². The number of carbonyl (C=O) groups excluding carboxylic acids is 1.